The van der Waals surface area contributed by atoms with E-state index in [1.54, 1.807) is 0 Å². The van der Waals surface area contributed by atoms with E-state index in [1.807, 2.05) is 0 Å². The lowest BCUT2D eigenvalue weighted by Crippen LogP contribution is -2.14. The molecule has 102 valence electrons. The van der Waals surface area contributed by atoms with Crippen LogP contribution < -0.4 is 0 Å². The first-order valence-electron chi connectivity index (χ1n) is 4.41. The molecule has 0 amide bonds. The van der Waals surface area contributed by atoms with Gasteiger partial charge in [0, 0.05) is 0 Å². The normalized spacial score (nSPS) is 12.8. The van der Waals surface area contributed by atoms with Crippen LogP contribution in [0.4, 0.5) is 17.6 Å². The summed E-state index contributed by atoms with van der Waals surface area (Å²) in [6.45, 7) is -0.877. The molecule has 0 aliphatic rings. The Morgan fingerprint density at radius 2 is 1.89 bits per heavy atom. The van der Waals surface area contributed by atoms with E-state index in [0.717, 1.165) is 12.1 Å². The van der Waals surface area contributed by atoms with Gasteiger partial charge in [-0.05, 0) is 27.6 Å². The zero-order chi connectivity index (χ0) is 14.1. The van der Waals surface area contributed by atoms with Crippen LogP contribution in [0.15, 0.2) is 16.6 Å². The maximum atomic E-state index is 13.4. The van der Waals surface area contributed by atoms with Crippen molar-refractivity contribution in [3.05, 3.63) is 33.5 Å². The van der Waals surface area contributed by atoms with Crippen LogP contribution >= 0.6 is 15.9 Å². The second kappa shape index (κ2) is 5.14. The minimum Gasteiger partial charge on any atom is -0.265 e. The Bertz CT molecular complexity index is 554. The third-order valence-electron chi connectivity index (χ3n) is 1.89. The molecule has 0 bridgehead atoms. The van der Waals surface area contributed by atoms with Crippen molar-refractivity contribution in [3.63, 3.8) is 0 Å². The lowest BCUT2D eigenvalue weighted by Gasteiger charge is -2.14. The van der Waals surface area contributed by atoms with Gasteiger partial charge in [0.1, 0.15) is 5.82 Å². The summed E-state index contributed by atoms with van der Waals surface area (Å²) in [6.07, 6.45) is -4.25. The van der Waals surface area contributed by atoms with Gasteiger partial charge in [-0.15, -0.1) is 0 Å². The van der Waals surface area contributed by atoms with E-state index in [9.17, 15) is 26.0 Å². The molecular weight excluding hydrogens is 344 g/mol. The van der Waals surface area contributed by atoms with Crippen molar-refractivity contribution < 1.29 is 30.2 Å². The van der Waals surface area contributed by atoms with Crippen LogP contribution in [0.3, 0.4) is 0 Å². The Morgan fingerprint density at radius 1 is 1.33 bits per heavy atom. The smallest absolute Gasteiger partial charge is 0.265 e. The average molecular weight is 351 g/mol. The largest absolute Gasteiger partial charge is 0.419 e. The monoisotopic (exact) mass is 350 g/mol. The molecule has 0 aromatic heterocycles. The van der Waals surface area contributed by atoms with Gasteiger partial charge in [-0.1, -0.05) is 6.07 Å². The fraction of sp³-hybridized carbons (Fsp3) is 0.333. The number of hydrogen-bond donors (Lipinski definition) is 0. The molecule has 0 aliphatic heterocycles. The minimum atomic E-state index is -4.94. The highest BCUT2D eigenvalue weighted by Crippen LogP contribution is 2.37. The summed E-state index contributed by atoms with van der Waals surface area (Å²) in [5, 5.41) is 0. The zero-order valence-corrected chi connectivity index (χ0v) is 11.3. The first kappa shape index (κ1) is 15.4. The minimum absolute atomic E-state index is 0.363. The van der Waals surface area contributed by atoms with Crippen LogP contribution in [0.2, 0.25) is 0 Å². The maximum absolute atomic E-state index is 13.4. The van der Waals surface area contributed by atoms with Gasteiger partial charge in [0.05, 0.1) is 22.9 Å². The van der Waals surface area contributed by atoms with Gasteiger partial charge in [-0.3, -0.25) is 4.18 Å². The molecule has 18 heavy (non-hydrogen) atoms. The molecule has 0 heterocycles. The number of rotatable bonds is 3. The molecule has 0 saturated carbocycles. The highest BCUT2D eigenvalue weighted by molar-refractivity contribution is 9.10. The van der Waals surface area contributed by atoms with Gasteiger partial charge in [0.15, 0.2) is 0 Å². The summed E-state index contributed by atoms with van der Waals surface area (Å²) >= 11 is 2.63. The first-order chi connectivity index (χ1) is 8.02. The van der Waals surface area contributed by atoms with E-state index in [2.05, 4.69) is 20.1 Å². The lowest BCUT2D eigenvalue weighted by molar-refractivity contribution is -0.141. The number of benzene rings is 1. The average Bonchev–Trinajstić information content (AvgIpc) is 2.16. The summed E-state index contributed by atoms with van der Waals surface area (Å²) in [6, 6.07) is 1.99. The quantitative estimate of drug-likeness (QED) is 0.621. The molecule has 1 aromatic rings. The summed E-state index contributed by atoms with van der Waals surface area (Å²) in [4.78, 5) is 0. The van der Waals surface area contributed by atoms with Crippen molar-refractivity contribution in [2.75, 3.05) is 6.26 Å². The third-order valence-corrected chi connectivity index (χ3v) is 3.05. The molecular formula is C9H7BrF4O3S. The van der Waals surface area contributed by atoms with Crippen LogP contribution in [0.5, 0.6) is 0 Å². The Kier molecular flexibility index (Phi) is 4.39. The second-order valence-corrected chi connectivity index (χ2v) is 5.86. The predicted octanol–water partition coefficient (Wildman–Crippen LogP) is 3.08. The highest BCUT2D eigenvalue weighted by Gasteiger charge is 2.37. The summed E-state index contributed by atoms with van der Waals surface area (Å²) < 4.78 is 76.6. The maximum Gasteiger partial charge on any atom is 0.419 e. The lowest BCUT2D eigenvalue weighted by atomic mass is 10.1. The van der Waals surface area contributed by atoms with Gasteiger partial charge < -0.3 is 0 Å². The van der Waals surface area contributed by atoms with E-state index >= 15 is 0 Å². The summed E-state index contributed by atoms with van der Waals surface area (Å²) in [5.41, 5.74) is -2.13. The molecule has 0 aliphatic carbocycles. The number of alkyl halides is 3. The van der Waals surface area contributed by atoms with E-state index in [4.69, 9.17) is 0 Å². The van der Waals surface area contributed by atoms with Crippen LogP contribution in [0.25, 0.3) is 0 Å². The predicted molar refractivity (Wildman–Crippen MR) is 58.7 cm³/mol. The van der Waals surface area contributed by atoms with Gasteiger partial charge in [-0.2, -0.15) is 21.6 Å². The van der Waals surface area contributed by atoms with Crippen molar-refractivity contribution in [1.82, 2.24) is 0 Å². The van der Waals surface area contributed by atoms with Crippen LogP contribution in [-0.4, -0.2) is 14.7 Å². The molecule has 1 rings (SSSR count). The van der Waals surface area contributed by atoms with Crippen molar-refractivity contribution in [1.29, 1.82) is 0 Å². The zero-order valence-electron chi connectivity index (χ0n) is 8.88. The van der Waals surface area contributed by atoms with Gasteiger partial charge in [0.25, 0.3) is 10.1 Å². The SMILES string of the molecule is CS(=O)(=O)OCc1ccc(Br)c(F)c1C(F)(F)F. The molecule has 9 heteroatoms. The van der Waals surface area contributed by atoms with Crippen LogP contribution in [0, 0.1) is 5.82 Å². The third kappa shape index (κ3) is 3.92. The molecule has 0 atom stereocenters. The van der Waals surface area contributed by atoms with E-state index in [0.29, 0.717) is 6.26 Å². The number of hydrogen-bond acceptors (Lipinski definition) is 3. The Morgan fingerprint density at radius 3 is 2.33 bits per heavy atom. The highest BCUT2D eigenvalue weighted by atomic mass is 79.9. The summed E-state index contributed by atoms with van der Waals surface area (Å²) in [5.74, 6) is -1.50. The van der Waals surface area contributed by atoms with E-state index in [-0.39, 0.29) is 4.47 Å². The Hall–Kier alpha value is -0.670. The van der Waals surface area contributed by atoms with Crippen molar-refractivity contribution in [3.8, 4) is 0 Å². The van der Waals surface area contributed by atoms with E-state index < -0.39 is 39.8 Å². The van der Waals surface area contributed by atoms with E-state index in [1.165, 1.54) is 0 Å². The Labute approximate surface area is 109 Å². The molecule has 1 aromatic carbocycles. The molecule has 0 unspecified atom stereocenters. The molecule has 0 fully saturated rings. The van der Waals surface area contributed by atoms with Crippen LogP contribution in [-0.2, 0) is 27.1 Å². The fourth-order valence-corrected chi connectivity index (χ4v) is 1.86. The van der Waals surface area contributed by atoms with Crippen molar-refractivity contribution >= 4 is 26.0 Å². The molecule has 0 N–H and O–H groups in total. The van der Waals surface area contributed by atoms with Gasteiger partial charge >= 0.3 is 6.18 Å². The van der Waals surface area contributed by atoms with Gasteiger partial charge in [0.2, 0.25) is 0 Å². The van der Waals surface area contributed by atoms with Crippen molar-refractivity contribution in [2.24, 2.45) is 0 Å². The first-order valence-corrected chi connectivity index (χ1v) is 7.02. The topological polar surface area (TPSA) is 43.4 Å². The second-order valence-electron chi connectivity index (χ2n) is 3.36. The fourth-order valence-electron chi connectivity index (χ4n) is 1.19. The summed E-state index contributed by atoms with van der Waals surface area (Å²) in [7, 11) is -3.91. The van der Waals surface area contributed by atoms with Gasteiger partial charge in [-0.25, -0.2) is 4.39 Å². The molecule has 3 nitrogen and oxygen atoms in total. The molecule has 0 radical (unpaired) electrons. The molecule has 0 spiro atoms. The Balaban J connectivity index is 3.24. The van der Waals surface area contributed by atoms with Crippen LogP contribution in [0.1, 0.15) is 11.1 Å². The standard InChI is InChI=1S/C9H7BrF4O3S/c1-18(15,16)17-4-5-2-3-6(10)8(11)7(5)9(12,13)14/h2-3H,4H2,1H3. The number of halogens is 5. The molecule has 0 saturated heterocycles. The van der Waals surface area contributed by atoms with Crippen molar-refractivity contribution in [2.45, 2.75) is 12.8 Å².